The van der Waals surface area contributed by atoms with Crippen LogP contribution < -0.4 is 10.6 Å². The molecule has 5 heteroatoms. The van der Waals surface area contributed by atoms with E-state index in [0.717, 1.165) is 30.9 Å². The fourth-order valence-corrected chi connectivity index (χ4v) is 2.12. The van der Waals surface area contributed by atoms with Crippen LogP contribution in [-0.2, 0) is 0 Å². The minimum Gasteiger partial charge on any atom is -0.354 e. The predicted octanol–water partition coefficient (Wildman–Crippen LogP) is 2.03. The lowest BCUT2D eigenvalue weighted by atomic mass is 10.1. The molecule has 5 nitrogen and oxygen atoms in total. The van der Waals surface area contributed by atoms with E-state index in [4.69, 9.17) is 0 Å². The highest BCUT2D eigenvalue weighted by molar-refractivity contribution is 5.94. The molecule has 0 bridgehead atoms. The number of carbonyl (C=O) groups is 1. The zero-order valence-corrected chi connectivity index (χ0v) is 14.1. The van der Waals surface area contributed by atoms with Crippen LogP contribution in [0.25, 0.3) is 0 Å². The van der Waals surface area contributed by atoms with Crippen LogP contribution in [0.15, 0.2) is 29.3 Å². The van der Waals surface area contributed by atoms with E-state index in [1.807, 2.05) is 38.2 Å². The number of amides is 1. The molecular weight excluding hydrogens is 276 g/mol. The van der Waals surface area contributed by atoms with Crippen molar-refractivity contribution in [1.29, 1.82) is 0 Å². The van der Waals surface area contributed by atoms with E-state index in [1.165, 1.54) is 0 Å². The summed E-state index contributed by atoms with van der Waals surface area (Å²) in [5.41, 5.74) is 1.79. The molecule has 22 heavy (non-hydrogen) atoms. The van der Waals surface area contributed by atoms with Crippen molar-refractivity contribution in [3.63, 3.8) is 0 Å². The number of benzene rings is 1. The monoisotopic (exact) mass is 304 g/mol. The molecule has 0 saturated heterocycles. The SMILES string of the molecule is CCCCN(C)C(=NC)NCCNC(=O)c1cccc(C)c1. The third kappa shape index (κ3) is 6.16. The number of nitrogens with zero attached hydrogens (tertiary/aromatic N) is 2. The van der Waals surface area contributed by atoms with Crippen LogP contribution in [0, 0.1) is 6.92 Å². The molecule has 1 aromatic carbocycles. The first-order valence-electron chi connectivity index (χ1n) is 7.85. The number of aryl methyl sites for hydroxylation is 1. The molecule has 0 radical (unpaired) electrons. The van der Waals surface area contributed by atoms with Gasteiger partial charge >= 0.3 is 0 Å². The number of rotatable bonds is 7. The van der Waals surface area contributed by atoms with Gasteiger partial charge in [-0.3, -0.25) is 9.79 Å². The van der Waals surface area contributed by atoms with E-state index in [0.29, 0.717) is 18.7 Å². The first-order chi connectivity index (χ1) is 10.6. The van der Waals surface area contributed by atoms with Gasteiger partial charge in [-0.05, 0) is 25.5 Å². The molecule has 2 N–H and O–H groups in total. The maximum Gasteiger partial charge on any atom is 0.251 e. The van der Waals surface area contributed by atoms with Crippen LogP contribution in [0.5, 0.6) is 0 Å². The Morgan fingerprint density at radius 3 is 2.64 bits per heavy atom. The molecule has 0 aromatic heterocycles. The van der Waals surface area contributed by atoms with Crippen molar-refractivity contribution < 1.29 is 4.79 Å². The summed E-state index contributed by atoms with van der Waals surface area (Å²) in [6, 6.07) is 7.59. The van der Waals surface area contributed by atoms with Gasteiger partial charge in [0.05, 0.1) is 0 Å². The fraction of sp³-hybridized carbons (Fsp3) is 0.529. The van der Waals surface area contributed by atoms with Crippen LogP contribution in [0.1, 0.15) is 35.7 Å². The molecule has 0 atom stereocenters. The van der Waals surface area contributed by atoms with E-state index >= 15 is 0 Å². The lowest BCUT2D eigenvalue weighted by Crippen LogP contribution is -2.42. The van der Waals surface area contributed by atoms with E-state index in [1.54, 1.807) is 7.05 Å². The maximum absolute atomic E-state index is 12.0. The molecule has 0 heterocycles. The summed E-state index contributed by atoms with van der Waals surface area (Å²) in [7, 11) is 3.80. The highest BCUT2D eigenvalue weighted by atomic mass is 16.1. The van der Waals surface area contributed by atoms with Gasteiger partial charge in [-0.2, -0.15) is 0 Å². The summed E-state index contributed by atoms with van der Waals surface area (Å²) in [5.74, 6) is 0.818. The van der Waals surface area contributed by atoms with E-state index in [9.17, 15) is 4.79 Å². The first kappa shape index (κ1) is 18.0. The van der Waals surface area contributed by atoms with Crippen LogP contribution in [-0.4, -0.2) is 50.5 Å². The summed E-state index contributed by atoms with van der Waals surface area (Å²) in [6.07, 6.45) is 2.30. The molecule has 0 fully saturated rings. The van der Waals surface area contributed by atoms with Crippen LogP contribution in [0.4, 0.5) is 0 Å². The Morgan fingerprint density at radius 2 is 2.00 bits per heavy atom. The van der Waals surface area contributed by atoms with Gasteiger partial charge in [0.2, 0.25) is 0 Å². The summed E-state index contributed by atoms with van der Waals surface area (Å²) in [5, 5.41) is 6.17. The van der Waals surface area contributed by atoms with Crippen LogP contribution >= 0.6 is 0 Å². The van der Waals surface area contributed by atoms with Crippen molar-refractivity contribution in [1.82, 2.24) is 15.5 Å². The number of hydrogen-bond acceptors (Lipinski definition) is 2. The Labute approximate surface area is 133 Å². The summed E-state index contributed by atoms with van der Waals surface area (Å²) >= 11 is 0. The molecule has 0 aliphatic carbocycles. The molecule has 0 aliphatic heterocycles. The summed E-state index contributed by atoms with van der Waals surface area (Å²) in [4.78, 5) is 18.4. The topological polar surface area (TPSA) is 56.7 Å². The van der Waals surface area contributed by atoms with Crippen molar-refractivity contribution in [3.05, 3.63) is 35.4 Å². The van der Waals surface area contributed by atoms with Crippen molar-refractivity contribution in [2.45, 2.75) is 26.7 Å². The van der Waals surface area contributed by atoms with Gasteiger partial charge in [-0.25, -0.2) is 0 Å². The lowest BCUT2D eigenvalue weighted by Gasteiger charge is -2.21. The van der Waals surface area contributed by atoms with Crippen LogP contribution in [0.2, 0.25) is 0 Å². The Kier molecular flexibility index (Phi) is 8.04. The molecule has 1 rings (SSSR count). The largest absolute Gasteiger partial charge is 0.354 e. The van der Waals surface area contributed by atoms with Gasteiger partial charge in [0.25, 0.3) is 5.91 Å². The Bertz CT molecular complexity index is 499. The smallest absolute Gasteiger partial charge is 0.251 e. The maximum atomic E-state index is 12.0. The fourth-order valence-electron chi connectivity index (χ4n) is 2.12. The molecule has 1 amide bonds. The quantitative estimate of drug-likeness (QED) is 0.460. The molecule has 0 aliphatic rings. The lowest BCUT2D eigenvalue weighted by molar-refractivity contribution is 0.0954. The van der Waals surface area contributed by atoms with Gasteiger partial charge in [0, 0.05) is 39.3 Å². The highest BCUT2D eigenvalue weighted by Crippen LogP contribution is 2.03. The molecular formula is C17H28N4O. The van der Waals surface area contributed by atoms with Gasteiger partial charge < -0.3 is 15.5 Å². The zero-order valence-electron chi connectivity index (χ0n) is 14.1. The van der Waals surface area contributed by atoms with Crippen molar-refractivity contribution in [2.24, 2.45) is 4.99 Å². The Morgan fingerprint density at radius 1 is 1.27 bits per heavy atom. The van der Waals surface area contributed by atoms with Gasteiger partial charge in [-0.15, -0.1) is 0 Å². The van der Waals surface area contributed by atoms with Gasteiger partial charge in [0.15, 0.2) is 5.96 Å². The zero-order chi connectivity index (χ0) is 16.4. The highest BCUT2D eigenvalue weighted by Gasteiger charge is 2.06. The second kappa shape index (κ2) is 9.82. The van der Waals surface area contributed by atoms with Crippen molar-refractivity contribution >= 4 is 11.9 Å². The van der Waals surface area contributed by atoms with Crippen molar-refractivity contribution in [2.75, 3.05) is 33.7 Å². The average molecular weight is 304 g/mol. The Hall–Kier alpha value is -2.04. The van der Waals surface area contributed by atoms with Crippen molar-refractivity contribution in [3.8, 4) is 0 Å². The number of nitrogens with one attached hydrogen (secondary N) is 2. The molecule has 122 valence electrons. The molecule has 0 spiro atoms. The number of aliphatic imine (C=N–C) groups is 1. The predicted molar refractivity (Wildman–Crippen MR) is 92.4 cm³/mol. The third-order valence-corrected chi connectivity index (χ3v) is 3.39. The summed E-state index contributed by atoms with van der Waals surface area (Å²) < 4.78 is 0. The number of hydrogen-bond donors (Lipinski definition) is 2. The minimum atomic E-state index is -0.0418. The number of carbonyl (C=O) groups excluding carboxylic acids is 1. The average Bonchev–Trinajstić information content (AvgIpc) is 2.52. The number of guanidine groups is 1. The third-order valence-electron chi connectivity index (χ3n) is 3.39. The van der Waals surface area contributed by atoms with E-state index in [-0.39, 0.29) is 5.91 Å². The molecule has 0 unspecified atom stereocenters. The second-order valence-corrected chi connectivity index (χ2v) is 5.37. The normalized spacial score (nSPS) is 11.2. The van der Waals surface area contributed by atoms with Gasteiger partial charge in [0.1, 0.15) is 0 Å². The summed E-state index contributed by atoms with van der Waals surface area (Å²) in [6.45, 7) is 6.35. The second-order valence-electron chi connectivity index (χ2n) is 5.37. The molecule has 1 aromatic rings. The first-order valence-corrected chi connectivity index (χ1v) is 7.85. The van der Waals surface area contributed by atoms with Crippen LogP contribution in [0.3, 0.4) is 0 Å². The Balaban J connectivity index is 2.33. The standard InChI is InChI=1S/C17H28N4O/c1-5-6-12-21(4)17(18-3)20-11-10-19-16(22)15-9-7-8-14(2)13-15/h7-9,13H,5-6,10-12H2,1-4H3,(H,18,20)(H,19,22). The molecule has 0 saturated carbocycles. The van der Waals surface area contributed by atoms with E-state index < -0.39 is 0 Å². The number of unbranched alkanes of at least 4 members (excludes halogenated alkanes) is 1. The minimum absolute atomic E-state index is 0.0418. The van der Waals surface area contributed by atoms with Gasteiger partial charge in [-0.1, -0.05) is 31.0 Å². The van der Waals surface area contributed by atoms with E-state index in [2.05, 4.69) is 27.4 Å².